The topological polar surface area (TPSA) is 59.1 Å². The van der Waals surface area contributed by atoms with Gasteiger partial charge in [0.2, 0.25) is 5.91 Å². The van der Waals surface area contributed by atoms with Crippen molar-refractivity contribution in [3.05, 3.63) is 0 Å². The van der Waals surface area contributed by atoms with Crippen LogP contribution in [0.3, 0.4) is 0 Å². The molecule has 2 aliphatic rings. The molecule has 20 heavy (non-hydrogen) atoms. The highest BCUT2D eigenvalue weighted by molar-refractivity contribution is 5.86. The Kier molecular flexibility index (Phi) is 4.65. The molecular weight excluding hydrogens is 260 g/mol. The molecule has 1 atom stereocenters. The molecule has 6 heteroatoms. The molecule has 0 aromatic carbocycles. The zero-order valence-electron chi connectivity index (χ0n) is 12.6. The van der Waals surface area contributed by atoms with Crippen LogP contribution in [0.25, 0.3) is 0 Å². The Morgan fingerprint density at radius 2 is 2.00 bits per heavy atom. The Bertz CT molecular complexity index is 377. The molecule has 2 rings (SSSR count). The summed E-state index contributed by atoms with van der Waals surface area (Å²) in [7, 11) is 0. The van der Waals surface area contributed by atoms with E-state index in [0.29, 0.717) is 32.8 Å². The standard InChI is InChI=1S/C14H24N2O4/c1-4-15-10-14(2,3)20-13(18)11(15)9-12(17)16-5-7-19-8-6-16/h11H,4-10H2,1-3H3. The molecule has 0 aliphatic carbocycles. The molecule has 6 nitrogen and oxygen atoms in total. The molecule has 1 amide bonds. The Labute approximate surface area is 120 Å². The summed E-state index contributed by atoms with van der Waals surface area (Å²) in [5.74, 6) is -0.280. The average Bonchev–Trinajstić information content (AvgIpc) is 2.41. The third-order valence-electron chi connectivity index (χ3n) is 3.81. The number of amides is 1. The lowest BCUT2D eigenvalue weighted by molar-refractivity contribution is -0.179. The minimum absolute atomic E-state index is 0.00778. The van der Waals surface area contributed by atoms with E-state index < -0.39 is 11.6 Å². The maximum absolute atomic E-state index is 12.3. The van der Waals surface area contributed by atoms with Gasteiger partial charge in [-0.3, -0.25) is 14.5 Å². The van der Waals surface area contributed by atoms with E-state index in [1.807, 2.05) is 25.7 Å². The number of esters is 1. The van der Waals surface area contributed by atoms with E-state index in [9.17, 15) is 9.59 Å². The van der Waals surface area contributed by atoms with E-state index in [-0.39, 0.29) is 18.3 Å². The van der Waals surface area contributed by atoms with Gasteiger partial charge in [-0.2, -0.15) is 0 Å². The molecule has 2 heterocycles. The number of nitrogens with zero attached hydrogens (tertiary/aromatic N) is 2. The van der Waals surface area contributed by atoms with Crippen LogP contribution in [-0.4, -0.2) is 72.7 Å². The predicted octanol–water partition coefficient (Wildman–Crippen LogP) is 0.261. The second kappa shape index (κ2) is 6.10. The van der Waals surface area contributed by atoms with Crippen molar-refractivity contribution in [2.75, 3.05) is 39.4 Å². The molecule has 0 spiro atoms. The second-order valence-corrected chi connectivity index (χ2v) is 5.96. The number of hydrogen-bond donors (Lipinski definition) is 0. The van der Waals surface area contributed by atoms with Crippen LogP contribution in [0, 0.1) is 0 Å². The number of cyclic esters (lactones) is 1. The molecule has 0 N–H and O–H groups in total. The first-order valence-corrected chi connectivity index (χ1v) is 7.25. The number of carbonyl (C=O) groups excluding carboxylic acids is 2. The summed E-state index contributed by atoms with van der Waals surface area (Å²) in [5.41, 5.74) is -0.481. The highest BCUT2D eigenvalue weighted by Gasteiger charge is 2.41. The van der Waals surface area contributed by atoms with Gasteiger partial charge >= 0.3 is 5.97 Å². The van der Waals surface area contributed by atoms with E-state index >= 15 is 0 Å². The van der Waals surface area contributed by atoms with Gasteiger partial charge in [-0.15, -0.1) is 0 Å². The van der Waals surface area contributed by atoms with E-state index in [2.05, 4.69) is 0 Å². The lowest BCUT2D eigenvalue weighted by Crippen LogP contribution is -2.58. The number of rotatable bonds is 3. The first kappa shape index (κ1) is 15.3. The first-order chi connectivity index (χ1) is 9.43. The van der Waals surface area contributed by atoms with Crippen molar-refractivity contribution in [1.29, 1.82) is 0 Å². The lowest BCUT2D eigenvalue weighted by Gasteiger charge is -2.42. The summed E-state index contributed by atoms with van der Waals surface area (Å²) >= 11 is 0. The monoisotopic (exact) mass is 284 g/mol. The SMILES string of the molecule is CCN1CC(C)(C)OC(=O)C1CC(=O)N1CCOCC1. The number of likely N-dealkylation sites (N-methyl/N-ethyl adjacent to an activating group) is 1. The van der Waals surface area contributed by atoms with Gasteiger partial charge in [0, 0.05) is 19.6 Å². The zero-order valence-corrected chi connectivity index (χ0v) is 12.6. The third-order valence-corrected chi connectivity index (χ3v) is 3.81. The smallest absolute Gasteiger partial charge is 0.324 e. The lowest BCUT2D eigenvalue weighted by atomic mass is 10.0. The largest absolute Gasteiger partial charge is 0.457 e. The normalized spacial score (nSPS) is 27.2. The van der Waals surface area contributed by atoms with Crippen LogP contribution in [0.15, 0.2) is 0 Å². The highest BCUT2D eigenvalue weighted by atomic mass is 16.6. The minimum atomic E-state index is -0.481. The number of hydrogen-bond acceptors (Lipinski definition) is 5. The van der Waals surface area contributed by atoms with Crippen molar-refractivity contribution in [3.63, 3.8) is 0 Å². The summed E-state index contributed by atoms with van der Waals surface area (Å²) in [6.45, 7) is 9.56. The van der Waals surface area contributed by atoms with E-state index in [1.54, 1.807) is 4.90 Å². The predicted molar refractivity (Wildman–Crippen MR) is 73.2 cm³/mol. The summed E-state index contributed by atoms with van der Waals surface area (Å²) in [6.07, 6.45) is 0.197. The highest BCUT2D eigenvalue weighted by Crippen LogP contribution is 2.23. The van der Waals surface area contributed by atoms with Crippen LogP contribution < -0.4 is 0 Å². The van der Waals surface area contributed by atoms with E-state index in [0.717, 1.165) is 6.54 Å². The maximum Gasteiger partial charge on any atom is 0.324 e. The number of morpholine rings is 2. The van der Waals surface area contributed by atoms with Crippen molar-refractivity contribution >= 4 is 11.9 Å². The first-order valence-electron chi connectivity index (χ1n) is 7.25. The van der Waals surface area contributed by atoms with Crippen molar-refractivity contribution in [1.82, 2.24) is 9.80 Å². The molecule has 0 saturated carbocycles. The molecule has 2 saturated heterocycles. The molecular formula is C14H24N2O4. The van der Waals surface area contributed by atoms with Gasteiger partial charge in [0.25, 0.3) is 0 Å². The van der Waals surface area contributed by atoms with Crippen LogP contribution >= 0.6 is 0 Å². The number of carbonyl (C=O) groups is 2. The third kappa shape index (κ3) is 3.49. The van der Waals surface area contributed by atoms with Gasteiger partial charge in [0.15, 0.2) is 0 Å². The quantitative estimate of drug-likeness (QED) is 0.696. The van der Waals surface area contributed by atoms with Crippen molar-refractivity contribution in [2.24, 2.45) is 0 Å². The number of ether oxygens (including phenoxy) is 2. The second-order valence-electron chi connectivity index (χ2n) is 5.96. The fraction of sp³-hybridized carbons (Fsp3) is 0.857. The van der Waals surface area contributed by atoms with Gasteiger partial charge < -0.3 is 14.4 Å². The summed E-state index contributed by atoms with van der Waals surface area (Å²) in [6, 6.07) is -0.455. The van der Waals surface area contributed by atoms with Gasteiger partial charge in [-0.25, -0.2) is 0 Å². The van der Waals surface area contributed by atoms with Gasteiger partial charge in [-0.1, -0.05) is 6.92 Å². The summed E-state index contributed by atoms with van der Waals surface area (Å²) in [4.78, 5) is 28.2. The molecule has 114 valence electrons. The van der Waals surface area contributed by atoms with Crippen LogP contribution in [0.5, 0.6) is 0 Å². The van der Waals surface area contributed by atoms with Crippen molar-refractivity contribution in [3.8, 4) is 0 Å². The molecule has 0 radical (unpaired) electrons. The van der Waals surface area contributed by atoms with Gasteiger partial charge in [0.1, 0.15) is 11.6 Å². The van der Waals surface area contributed by atoms with Gasteiger partial charge in [-0.05, 0) is 20.4 Å². The molecule has 2 fully saturated rings. The Morgan fingerprint density at radius 1 is 1.35 bits per heavy atom. The average molecular weight is 284 g/mol. The van der Waals surface area contributed by atoms with Crippen LogP contribution in [0.1, 0.15) is 27.2 Å². The van der Waals surface area contributed by atoms with Gasteiger partial charge in [0.05, 0.1) is 19.6 Å². The van der Waals surface area contributed by atoms with Crippen molar-refractivity contribution < 1.29 is 19.1 Å². The Hall–Kier alpha value is -1.14. The van der Waals surface area contributed by atoms with Crippen molar-refractivity contribution in [2.45, 2.75) is 38.8 Å². The van der Waals surface area contributed by atoms with Crippen LogP contribution in [0.4, 0.5) is 0 Å². The molecule has 0 bridgehead atoms. The van der Waals surface area contributed by atoms with Crippen LogP contribution in [-0.2, 0) is 19.1 Å². The van der Waals surface area contributed by atoms with E-state index in [4.69, 9.17) is 9.47 Å². The molecule has 1 unspecified atom stereocenters. The van der Waals surface area contributed by atoms with E-state index in [1.165, 1.54) is 0 Å². The maximum atomic E-state index is 12.3. The van der Waals surface area contributed by atoms with Crippen LogP contribution in [0.2, 0.25) is 0 Å². The Morgan fingerprint density at radius 3 is 2.60 bits per heavy atom. The molecule has 0 aromatic rings. The Balaban J connectivity index is 1.99. The fourth-order valence-corrected chi connectivity index (χ4v) is 2.77. The fourth-order valence-electron chi connectivity index (χ4n) is 2.77. The minimum Gasteiger partial charge on any atom is -0.457 e. The summed E-state index contributed by atoms with van der Waals surface area (Å²) < 4.78 is 10.7. The summed E-state index contributed by atoms with van der Waals surface area (Å²) in [5, 5.41) is 0. The molecule has 2 aliphatic heterocycles. The molecule has 0 aromatic heterocycles. The zero-order chi connectivity index (χ0) is 14.8.